The first-order valence-corrected chi connectivity index (χ1v) is 11.5. The first-order chi connectivity index (χ1) is 15.0. The summed E-state index contributed by atoms with van der Waals surface area (Å²) in [5.74, 6) is -0.442. The third-order valence-electron chi connectivity index (χ3n) is 5.45. The molecule has 1 heterocycles. The fourth-order valence-electron chi connectivity index (χ4n) is 3.54. The third-order valence-corrected chi connectivity index (χ3v) is 6.95. The predicted molar refractivity (Wildman–Crippen MR) is 122 cm³/mol. The summed E-state index contributed by atoms with van der Waals surface area (Å²) in [6.45, 7) is 4.26. The molecule has 0 saturated heterocycles. The van der Waals surface area contributed by atoms with Crippen molar-refractivity contribution in [3.05, 3.63) is 89.5 Å². The molecule has 0 aromatic heterocycles. The van der Waals surface area contributed by atoms with Crippen molar-refractivity contribution in [2.45, 2.75) is 42.6 Å². The van der Waals surface area contributed by atoms with Crippen LogP contribution in [0.1, 0.15) is 46.5 Å². The molecule has 1 aliphatic heterocycles. The summed E-state index contributed by atoms with van der Waals surface area (Å²) in [6.07, 6.45) is 0.814. The van der Waals surface area contributed by atoms with E-state index >= 15 is 0 Å². The van der Waals surface area contributed by atoms with Crippen molar-refractivity contribution >= 4 is 28.3 Å². The van der Waals surface area contributed by atoms with Gasteiger partial charge in [-0.25, -0.2) is 4.21 Å². The molecular formula is C25H24N2O3S. The molecule has 0 fully saturated rings. The van der Waals surface area contributed by atoms with Gasteiger partial charge in [0.05, 0.1) is 38.4 Å². The molecule has 5 nitrogen and oxygen atoms in total. The smallest absolute Gasteiger partial charge is 0.259 e. The number of fused-ring (bicyclic) bond motifs is 2. The summed E-state index contributed by atoms with van der Waals surface area (Å²) in [5.41, 5.74) is 2.30. The van der Waals surface area contributed by atoms with Crippen molar-refractivity contribution < 1.29 is 13.8 Å². The summed E-state index contributed by atoms with van der Waals surface area (Å²) in [7, 11) is -1.53. The number of rotatable bonds is 5. The van der Waals surface area contributed by atoms with E-state index in [1.54, 1.807) is 47.4 Å². The van der Waals surface area contributed by atoms with Gasteiger partial charge in [-0.1, -0.05) is 49.4 Å². The summed E-state index contributed by atoms with van der Waals surface area (Å²) in [6, 6.07) is 21.7. The fraction of sp³-hybridized carbons (Fsp3) is 0.200. The Morgan fingerprint density at radius 3 is 2.45 bits per heavy atom. The van der Waals surface area contributed by atoms with E-state index in [1.807, 2.05) is 44.2 Å². The van der Waals surface area contributed by atoms with E-state index in [4.69, 9.17) is 0 Å². The van der Waals surface area contributed by atoms with Gasteiger partial charge >= 0.3 is 0 Å². The van der Waals surface area contributed by atoms with Gasteiger partial charge in [0, 0.05) is 11.6 Å². The maximum atomic E-state index is 13.5. The van der Waals surface area contributed by atoms with Crippen molar-refractivity contribution in [3.63, 3.8) is 0 Å². The molecule has 0 saturated carbocycles. The van der Waals surface area contributed by atoms with E-state index in [9.17, 15) is 13.8 Å². The normalized spacial score (nSPS) is 16.1. The molecule has 6 heteroatoms. The van der Waals surface area contributed by atoms with Crippen LogP contribution >= 0.6 is 0 Å². The van der Waals surface area contributed by atoms with E-state index in [0.717, 1.165) is 12.0 Å². The Kier molecular flexibility index (Phi) is 6.00. The Balaban J connectivity index is 1.84. The standard InChI is InChI=1S/C25H24N2O3S/c1-3-17(2)26-24(28)19-13-14-23-21(15-19)27(16-18-9-5-4-6-10-18)25(29)20-11-7-8-12-22(20)31(23)30/h4-15,17H,3,16H2,1-2H3,(H,26,28)/t17-,31-/m0/s1. The van der Waals surface area contributed by atoms with Gasteiger partial charge in [-0.3, -0.25) is 9.59 Å². The average molecular weight is 433 g/mol. The molecule has 158 valence electrons. The highest BCUT2D eigenvalue weighted by Crippen LogP contribution is 2.36. The van der Waals surface area contributed by atoms with E-state index in [-0.39, 0.29) is 17.9 Å². The molecule has 4 rings (SSSR count). The van der Waals surface area contributed by atoms with Crippen molar-refractivity contribution in [1.29, 1.82) is 0 Å². The van der Waals surface area contributed by atoms with Crippen LogP contribution in [0.25, 0.3) is 0 Å². The first-order valence-electron chi connectivity index (χ1n) is 10.3. The number of carbonyl (C=O) groups is 2. The van der Waals surface area contributed by atoms with E-state index < -0.39 is 10.8 Å². The Bertz CT molecular complexity index is 1160. The largest absolute Gasteiger partial charge is 0.350 e. The van der Waals surface area contributed by atoms with Gasteiger partial charge in [0.15, 0.2) is 0 Å². The molecule has 2 amide bonds. The van der Waals surface area contributed by atoms with E-state index in [2.05, 4.69) is 5.32 Å². The number of anilines is 1. The van der Waals surface area contributed by atoms with Gasteiger partial charge in [0.1, 0.15) is 0 Å². The van der Waals surface area contributed by atoms with Crippen molar-refractivity contribution in [1.82, 2.24) is 5.32 Å². The van der Waals surface area contributed by atoms with Crippen molar-refractivity contribution in [2.75, 3.05) is 4.90 Å². The second-order valence-corrected chi connectivity index (χ2v) is 9.02. The van der Waals surface area contributed by atoms with Gasteiger partial charge in [-0.05, 0) is 49.2 Å². The number of amides is 2. The van der Waals surface area contributed by atoms with Crippen molar-refractivity contribution in [2.24, 2.45) is 0 Å². The molecule has 1 aliphatic rings. The lowest BCUT2D eigenvalue weighted by Gasteiger charge is -2.24. The molecule has 0 bridgehead atoms. The van der Waals surface area contributed by atoms with Crippen LogP contribution in [0.2, 0.25) is 0 Å². The summed E-state index contributed by atoms with van der Waals surface area (Å²) in [4.78, 5) is 28.9. The summed E-state index contributed by atoms with van der Waals surface area (Å²) >= 11 is 0. The van der Waals surface area contributed by atoms with Crippen LogP contribution in [0.15, 0.2) is 82.6 Å². The molecule has 2 atom stereocenters. The molecule has 0 spiro atoms. The summed E-state index contributed by atoms with van der Waals surface area (Å²) in [5, 5.41) is 2.95. The minimum absolute atomic E-state index is 0.0340. The second-order valence-electron chi connectivity index (χ2n) is 7.61. The third kappa shape index (κ3) is 4.16. The van der Waals surface area contributed by atoms with Crippen LogP contribution in [0, 0.1) is 0 Å². The highest BCUT2D eigenvalue weighted by atomic mass is 32.2. The van der Waals surface area contributed by atoms with Crippen LogP contribution in [0.5, 0.6) is 0 Å². The monoisotopic (exact) mass is 432 g/mol. The second kappa shape index (κ2) is 8.86. The molecule has 0 aliphatic carbocycles. The Morgan fingerprint density at radius 1 is 1.00 bits per heavy atom. The first kappa shape index (κ1) is 21.0. The molecule has 1 N–H and O–H groups in total. The zero-order valence-corrected chi connectivity index (χ0v) is 18.3. The minimum Gasteiger partial charge on any atom is -0.350 e. The van der Waals surface area contributed by atoms with Crippen molar-refractivity contribution in [3.8, 4) is 0 Å². The van der Waals surface area contributed by atoms with Gasteiger partial charge in [0.2, 0.25) is 0 Å². The lowest BCUT2D eigenvalue weighted by Crippen LogP contribution is -2.33. The molecule has 0 radical (unpaired) electrons. The minimum atomic E-state index is -1.53. The molecule has 31 heavy (non-hydrogen) atoms. The van der Waals surface area contributed by atoms with Crippen LogP contribution in [-0.2, 0) is 17.3 Å². The Labute approximate surface area is 184 Å². The number of hydrogen-bond acceptors (Lipinski definition) is 3. The number of nitrogens with one attached hydrogen (secondary N) is 1. The number of benzene rings is 3. The Hall–Kier alpha value is -3.25. The fourth-order valence-corrected chi connectivity index (χ4v) is 4.88. The Morgan fingerprint density at radius 2 is 1.71 bits per heavy atom. The zero-order valence-electron chi connectivity index (χ0n) is 17.5. The zero-order chi connectivity index (χ0) is 22.0. The maximum Gasteiger partial charge on any atom is 0.259 e. The molecule has 3 aromatic carbocycles. The number of hydrogen-bond donors (Lipinski definition) is 1. The van der Waals surface area contributed by atoms with Gasteiger partial charge in [-0.15, -0.1) is 0 Å². The van der Waals surface area contributed by atoms with Gasteiger partial charge < -0.3 is 10.2 Å². The quantitative estimate of drug-likeness (QED) is 0.644. The van der Waals surface area contributed by atoms with Crippen LogP contribution in [-0.4, -0.2) is 22.1 Å². The van der Waals surface area contributed by atoms with Crippen LogP contribution in [0.4, 0.5) is 5.69 Å². The summed E-state index contributed by atoms with van der Waals surface area (Å²) < 4.78 is 13.4. The van der Waals surface area contributed by atoms with E-state index in [0.29, 0.717) is 33.2 Å². The number of carbonyl (C=O) groups excluding carboxylic acids is 2. The van der Waals surface area contributed by atoms with Gasteiger partial charge in [0.25, 0.3) is 11.8 Å². The number of nitrogens with zero attached hydrogens (tertiary/aromatic N) is 1. The average Bonchev–Trinajstić information content (AvgIpc) is 2.89. The van der Waals surface area contributed by atoms with Crippen LogP contribution in [0.3, 0.4) is 0 Å². The van der Waals surface area contributed by atoms with Crippen LogP contribution < -0.4 is 10.2 Å². The highest BCUT2D eigenvalue weighted by Gasteiger charge is 2.31. The lowest BCUT2D eigenvalue weighted by atomic mass is 10.1. The maximum absolute atomic E-state index is 13.5. The molecule has 0 unspecified atom stereocenters. The topological polar surface area (TPSA) is 66.5 Å². The predicted octanol–water partition coefficient (Wildman–Crippen LogP) is 4.54. The molecular weight excluding hydrogens is 408 g/mol. The highest BCUT2D eigenvalue weighted by molar-refractivity contribution is 7.85. The van der Waals surface area contributed by atoms with Gasteiger partial charge in [-0.2, -0.15) is 0 Å². The lowest BCUT2D eigenvalue weighted by molar-refractivity contribution is 0.0936. The molecule has 3 aromatic rings. The SMILES string of the molecule is CC[C@H](C)NC(=O)c1ccc2c(c1)N(Cc1ccccc1)C(=O)c1ccccc1[S@@]2=O. The van der Waals surface area contributed by atoms with E-state index in [1.165, 1.54) is 0 Å².